The fourth-order valence-electron chi connectivity index (χ4n) is 7.02. The van der Waals surface area contributed by atoms with E-state index in [9.17, 15) is 9.59 Å². The molecule has 0 radical (unpaired) electrons. The predicted octanol–water partition coefficient (Wildman–Crippen LogP) is 4.82. The molecule has 1 spiro atoms. The third kappa shape index (κ3) is 4.70. The lowest BCUT2D eigenvalue weighted by atomic mass is 9.52. The van der Waals surface area contributed by atoms with Gasteiger partial charge in [0.15, 0.2) is 17.7 Å². The molecule has 0 bridgehead atoms. The summed E-state index contributed by atoms with van der Waals surface area (Å²) in [6, 6.07) is 13.4. The summed E-state index contributed by atoms with van der Waals surface area (Å²) in [7, 11) is 4.80. The van der Waals surface area contributed by atoms with Gasteiger partial charge in [0.1, 0.15) is 11.5 Å². The van der Waals surface area contributed by atoms with Crippen LogP contribution in [-0.2, 0) is 30.3 Å². The van der Waals surface area contributed by atoms with Gasteiger partial charge in [0, 0.05) is 18.7 Å². The van der Waals surface area contributed by atoms with Crippen LogP contribution in [0.15, 0.2) is 48.5 Å². The van der Waals surface area contributed by atoms with Gasteiger partial charge in [0.05, 0.1) is 51.3 Å². The maximum absolute atomic E-state index is 14.0. The molecule has 2 aromatic rings. The average Bonchev–Trinajstić information content (AvgIpc) is 3.50. The molecule has 1 saturated heterocycles. The molecule has 1 aliphatic carbocycles. The molecule has 0 N–H and O–H groups in total. The van der Waals surface area contributed by atoms with E-state index in [-0.39, 0.29) is 25.2 Å². The van der Waals surface area contributed by atoms with Crippen molar-refractivity contribution in [2.24, 2.45) is 16.7 Å². The second-order valence-corrected chi connectivity index (χ2v) is 10.7. The van der Waals surface area contributed by atoms with Gasteiger partial charge in [-0.1, -0.05) is 18.6 Å². The summed E-state index contributed by atoms with van der Waals surface area (Å²) in [4.78, 5) is 29.8. The Labute approximate surface area is 241 Å². The third-order valence-corrected chi connectivity index (χ3v) is 8.77. The van der Waals surface area contributed by atoms with Crippen molar-refractivity contribution in [3.63, 3.8) is 0 Å². The van der Waals surface area contributed by atoms with E-state index in [0.717, 1.165) is 16.9 Å². The standard InChI is InChI=1S/C32H39NO8/c1-6-39-28(34)24-9-8-16-31(30(35)40-7-2)20-33(19-21-10-13-23(36-3)14-11-21)29-32(24,31)18-27(41-29)22-12-15-25(37-4)26(17-22)38-5/h10-15,17-18,24,29H,6-9,16,19-20H2,1-5H3/t24-,29-,31+,32+/m1/s1. The predicted molar refractivity (Wildman–Crippen MR) is 151 cm³/mol. The minimum absolute atomic E-state index is 0.247. The summed E-state index contributed by atoms with van der Waals surface area (Å²) >= 11 is 0. The van der Waals surface area contributed by atoms with Gasteiger partial charge >= 0.3 is 11.9 Å². The van der Waals surface area contributed by atoms with Crippen LogP contribution in [0.25, 0.3) is 5.76 Å². The Balaban J connectivity index is 1.66. The second kappa shape index (κ2) is 11.6. The minimum Gasteiger partial charge on any atom is -0.497 e. The Morgan fingerprint density at radius 3 is 2.34 bits per heavy atom. The van der Waals surface area contributed by atoms with E-state index in [0.29, 0.717) is 49.6 Å². The van der Waals surface area contributed by atoms with E-state index >= 15 is 0 Å². The zero-order valence-electron chi connectivity index (χ0n) is 24.4. The van der Waals surface area contributed by atoms with Crippen LogP contribution in [0.5, 0.6) is 17.2 Å². The lowest BCUT2D eigenvalue weighted by Crippen LogP contribution is -2.57. The van der Waals surface area contributed by atoms with Crippen molar-refractivity contribution in [2.75, 3.05) is 41.1 Å². The highest BCUT2D eigenvalue weighted by atomic mass is 16.5. The maximum Gasteiger partial charge on any atom is 0.314 e. The molecular formula is C32H39NO8. The molecule has 4 atom stereocenters. The molecule has 0 amide bonds. The summed E-state index contributed by atoms with van der Waals surface area (Å²) < 4.78 is 34.5. The van der Waals surface area contributed by atoms with E-state index in [2.05, 4.69) is 4.90 Å². The van der Waals surface area contributed by atoms with Crippen molar-refractivity contribution in [3.05, 3.63) is 59.7 Å². The van der Waals surface area contributed by atoms with Gasteiger partial charge in [0.2, 0.25) is 0 Å². The Bertz CT molecular complexity index is 1310. The highest BCUT2D eigenvalue weighted by Gasteiger charge is 2.75. The zero-order chi connectivity index (χ0) is 29.2. The Hall–Kier alpha value is -3.72. The number of rotatable bonds is 10. The van der Waals surface area contributed by atoms with Gasteiger partial charge in [-0.05, 0) is 68.7 Å². The second-order valence-electron chi connectivity index (χ2n) is 10.7. The van der Waals surface area contributed by atoms with Crippen molar-refractivity contribution in [3.8, 4) is 17.2 Å². The van der Waals surface area contributed by atoms with Gasteiger partial charge in [0.25, 0.3) is 0 Å². The van der Waals surface area contributed by atoms with Crippen molar-refractivity contribution >= 4 is 17.7 Å². The first-order valence-electron chi connectivity index (χ1n) is 14.2. The molecule has 2 heterocycles. The topological polar surface area (TPSA) is 92.8 Å². The molecule has 41 heavy (non-hydrogen) atoms. The Morgan fingerprint density at radius 2 is 1.68 bits per heavy atom. The molecule has 2 aromatic carbocycles. The number of esters is 2. The van der Waals surface area contributed by atoms with Crippen LogP contribution in [0.1, 0.15) is 44.2 Å². The van der Waals surface area contributed by atoms with Crippen LogP contribution in [0, 0.1) is 16.7 Å². The van der Waals surface area contributed by atoms with Gasteiger partial charge in [-0.25, -0.2) is 0 Å². The highest BCUT2D eigenvalue weighted by Crippen LogP contribution is 2.67. The van der Waals surface area contributed by atoms with E-state index < -0.39 is 23.0 Å². The van der Waals surface area contributed by atoms with Crippen molar-refractivity contribution < 1.29 is 38.0 Å². The number of hydrogen-bond donors (Lipinski definition) is 0. The summed E-state index contributed by atoms with van der Waals surface area (Å²) in [6.45, 7) is 5.02. The molecule has 5 rings (SSSR count). The van der Waals surface area contributed by atoms with Gasteiger partial charge in [-0.3, -0.25) is 14.5 Å². The molecule has 9 nitrogen and oxygen atoms in total. The van der Waals surface area contributed by atoms with Crippen LogP contribution < -0.4 is 14.2 Å². The quantitative estimate of drug-likeness (QED) is 0.376. The first-order chi connectivity index (χ1) is 19.9. The number of carbonyl (C=O) groups is 2. The maximum atomic E-state index is 14.0. The fraction of sp³-hybridized carbons (Fsp3) is 0.500. The SMILES string of the molecule is CCOC(=O)[C@H]1CCC[C@@]2(C(=O)OCC)CN(Cc3ccc(OC)cc3)[C@@H]3OC(c4ccc(OC)c(OC)c4)=C[C@]132. The zero-order valence-corrected chi connectivity index (χ0v) is 24.4. The molecule has 2 aliphatic heterocycles. The van der Waals surface area contributed by atoms with Crippen LogP contribution >= 0.6 is 0 Å². The molecule has 0 aromatic heterocycles. The summed E-state index contributed by atoms with van der Waals surface area (Å²) in [5.41, 5.74) is -0.177. The van der Waals surface area contributed by atoms with Gasteiger partial charge < -0.3 is 28.4 Å². The van der Waals surface area contributed by atoms with E-state index in [1.54, 1.807) is 28.3 Å². The Morgan fingerprint density at radius 1 is 0.951 bits per heavy atom. The minimum atomic E-state index is -0.992. The molecule has 3 aliphatic rings. The van der Waals surface area contributed by atoms with Gasteiger partial charge in [-0.15, -0.1) is 0 Å². The molecule has 1 saturated carbocycles. The normalized spacial score (nSPS) is 26.7. The highest BCUT2D eigenvalue weighted by molar-refractivity contribution is 5.85. The first kappa shape index (κ1) is 28.8. The summed E-state index contributed by atoms with van der Waals surface area (Å²) in [5, 5.41) is 0. The third-order valence-electron chi connectivity index (χ3n) is 8.77. The van der Waals surface area contributed by atoms with Crippen LogP contribution in [0.2, 0.25) is 0 Å². The summed E-state index contributed by atoms with van der Waals surface area (Å²) in [5.74, 6) is 1.30. The summed E-state index contributed by atoms with van der Waals surface area (Å²) in [6.07, 6.45) is 3.28. The number of nitrogens with zero attached hydrogens (tertiary/aromatic N) is 1. The lowest BCUT2D eigenvalue weighted by Gasteiger charge is -2.48. The number of carbonyl (C=O) groups excluding carboxylic acids is 2. The number of hydrogen-bond acceptors (Lipinski definition) is 9. The van der Waals surface area contributed by atoms with E-state index in [1.807, 2.05) is 55.5 Å². The van der Waals surface area contributed by atoms with Crippen molar-refractivity contribution in [2.45, 2.75) is 45.9 Å². The fourth-order valence-corrected chi connectivity index (χ4v) is 7.02. The van der Waals surface area contributed by atoms with Crippen molar-refractivity contribution in [1.29, 1.82) is 0 Å². The first-order valence-corrected chi connectivity index (χ1v) is 14.2. The van der Waals surface area contributed by atoms with Crippen molar-refractivity contribution in [1.82, 2.24) is 4.90 Å². The average molecular weight is 566 g/mol. The van der Waals surface area contributed by atoms with Crippen LogP contribution in [0.3, 0.4) is 0 Å². The lowest BCUT2D eigenvalue weighted by molar-refractivity contribution is -0.177. The monoisotopic (exact) mass is 565 g/mol. The van der Waals surface area contributed by atoms with E-state index in [4.69, 9.17) is 28.4 Å². The molecule has 9 heteroatoms. The number of likely N-dealkylation sites (tertiary alicyclic amines) is 1. The molecular weight excluding hydrogens is 526 g/mol. The largest absolute Gasteiger partial charge is 0.497 e. The molecule has 2 fully saturated rings. The molecule has 0 unspecified atom stereocenters. The van der Waals surface area contributed by atoms with Crippen LogP contribution in [-0.4, -0.2) is 64.2 Å². The Kier molecular flexibility index (Phi) is 8.18. The molecule has 220 valence electrons. The number of ether oxygens (including phenoxy) is 6. The van der Waals surface area contributed by atoms with Crippen LogP contribution in [0.4, 0.5) is 0 Å². The number of benzene rings is 2. The number of methoxy groups -OCH3 is 3. The smallest absolute Gasteiger partial charge is 0.314 e. The van der Waals surface area contributed by atoms with E-state index in [1.165, 1.54) is 0 Å². The van der Waals surface area contributed by atoms with Gasteiger partial charge in [-0.2, -0.15) is 0 Å².